The van der Waals surface area contributed by atoms with E-state index in [1.165, 1.54) is 0 Å². The van der Waals surface area contributed by atoms with Gasteiger partial charge >= 0.3 is 0 Å². The van der Waals surface area contributed by atoms with Crippen LogP contribution in [0.4, 0.5) is 0 Å². The first-order valence-electron chi connectivity index (χ1n) is 3.70. The van der Waals surface area contributed by atoms with Crippen LogP contribution in [0.2, 0.25) is 0 Å². The average Bonchev–Trinajstić information content (AvgIpc) is 2.32. The third-order valence-electron chi connectivity index (χ3n) is 1.51. The van der Waals surface area contributed by atoms with Gasteiger partial charge in [0.25, 0.3) is 0 Å². The lowest BCUT2D eigenvalue weighted by molar-refractivity contribution is 0.733. The Hall–Kier alpha value is -1.30. The molecule has 1 heterocycles. The molecule has 0 bridgehead atoms. The van der Waals surface area contributed by atoms with Gasteiger partial charge in [0.1, 0.15) is 6.07 Å². The molecule has 11 heavy (non-hydrogen) atoms. The second-order valence-corrected chi connectivity index (χ2v) is 2.52. The molecule has 0 atom stereocenters. The van der Waals surface area contributed by atoms with Gasteiger partial charge in [0.15, 0.2) is 0 Å². The third kappa shape index (κ3) is 1.58. The molecule has 0 aromatic carbocycles. The van der Waals surface area contributed by atoms with Gasteiger partial charge in [-0.2, -0.15) is 10.4 Å². The van der Waals surface area contributed by atoms with E-state index in [1.54, 1.807) is 10.9 Å². The van der Waals surface area contributed by atoms with Crippen molar-refractivity contribution in [2.45, 2.75) is 19.8 Å². The summed E-state index contributed by atoms with van der Waals surface area (Å²) in [6, 6.07) is 2.12. The zero-order chi connectivity index (χ0) is 8.27. The first-order chi connectivity index (χ1) is 5.27. The SMILES string of the molecule is CCCc1nn(C)cc1C#N. The van der Waals surface area contributed by atoms with Gasteiger partial charge in [-0.25, -0.2) is 0 Å². The Morgan fingerprint density at radius 1 is 1.73 bits per heavy atom. The second-order valence-electron chi connectivity index (χ2n) is 2.52. The van der Waals surface area contributed by atoms with Crippen LogP contribution in [0, 0.1) is 11.3 Å². The molecule has 3 heteroatoms. The van der Waals surface area contributed by atoms with E-state index in [1.807, 2.05) is 7.05 Å². The number of hydrogen-bond donors (Lipinski definition) is 0. The molecule has 0 saturated heterocycles. The Morgan fingerprint density at radius 3 is 3.00 bits per heavy atom. The largest absolute Gasteiger partial charge is 0.274 e. The predicted molar refractivity (Wildman–Crippen MR) is 41.9 cm³/mol. The molecular weight excluding hydrogens is 138 g/mol. The van der Waals surface area contributed by atoms with Crippen LogP contribution in [0.15, 0.2) is 6.20 Å². The summed E-state index contributed by atoms with van der Waals surface area (Å²) in [5.41, 5.74) is 1.62. The van der Waals surface area contributed by atoms with Gasteiger partial charge in [-0.15, -0.1) is 0 Å². The molecule has 0 aliphatic heterocycles. The molecule has 0 unspecified atom stereocenters. The lowest BCUT2D eigenvalue weighted by Gasteiger charge is -1.89. The van der Waals surface area contributed by atoms with Crippen molar-refractivity contribution in [1.82, 2.24) is 9.78 Å². The summed E-state index contributed by atoms with van der Waals surface area (Å²) < 4.78 is 1.68. The normalized spacial score (nSPS) is 9.55. The standard InChI is InChI=1S/C8H11N3/c1-3-4-8-7(5-9)6-11(2)10-8/h6H,3-4H2,1-2H3. The van der Waals surface area contributed by atoms with Gasteiger partial charge in [0, 0.05) is 13.2 Å². The number of nitrogens with zero attached hydrogens (tertiary/aromatic N) is 3. The van der Waals surface area contributed by atoms with Crippen LogP contribution < -0.4 is 0 Å². The minimum atomic E-state index is 0.703. The van der Waals surface area contributed by atoms with E-state index in [0.717, 1.165) is 18.5 Å². The predicted octanol–water partition coefficient (Wildman–Crippen LogP) is 1.24. The van der Waals surface area contributed by atoms with Gasteiger partial charge < -0.3 is 0 Å². The van der Waals surface area contributed by atoms with Crippen LogP contribution in [0.1, 0.15) is 24.6 Å². The first kappa shape index (κ1) is 7.80. The Bertz CT molecular complexity index is 280. The summed E-state index contributed by atoms with van der Waals surface area (Å²) in [4.78, 5) is 0. The van der Waals surface area contributed by atoms with E-state index in [-0.39, 0.29) is 0 Å². The highest BCUT2D eigenvalue weighted by Crippen LogP contribution is 2.06. The average molecular weight is 149 g/mol. The van der Waals surface area contributed by atoms with Crippen LogP contribution in [-0.4, -0.2) is 9.78 Å². The summed E-state index contributed by atoms with van der Waals surface area (Å²) in [5.74, 6) is 0. The highest BCUT2D eigenvalue weighted by atomic mass is 15.2. The van der Waals surface area contributed by atoms with Crippen LogP contribution in [0.5, 0.6) is 0 Å². The van der Waals surface area contributed by atoms with Gasteiger partial charge in [-0.1, -0.05) is 13.3 Å². The summed E-state index contributed by atoms with van der Waals surface area (Å²) in [5, 5.41) is 12.8. The molecule has 0 saturated carbocycles. The molecule has 3 nitrogen and oxygen atoms in total. The van der Waals surface area contributed by atoms with Crippen LogP contribution in [0.25, 0.3) is 0 Å². The minimum absolute atomic E-state index is 0.703. The number of nitriles is 1. The zero-order valence-electron chi connectivity index (χ0n) is 6.83. The van der Waals surface area contributed by atoms with Gasteiger partial charge in [0.2, 0.25) is 0 Å². The highest BCUT2D eigenvalue weighted by molar-refractivity contribution is 5.30. The van der Waals surface area contributed by atoms with Crippen molar-refractivity contribution in [2.75, 3.05) is 0 Å². The van der Waals surface area contributed by atoms with Crippen molar-refractivity contribution >= 4 is 0 Å². The minimum Gasteiger partial charge on any atom is -0.274 e. The van der Waals surface area contributed by atoms with E-state index >= 15 is 0 Å². The fourth-order valence-corrected chi connectivity index (χ4v) is 1.05. The second kappa shape index (κ2) is 3.20. The molecule has 0 radical (unpaired) electrons. The Balaban J connectivity index is 2.95. The lowest BCUT2D eigenvalue weighted by Crippen LogP contribution is -1.90. The van der Waals surface area contributed by atoms with E-state index in [2.05, 4.69) is 18.1 Å². The Morgan fingerprint density at radius 2 is 2.45 bits per heavy atom. The van der Waals surface area contributed by atoms with Crippen molar-refractivity contribution < 1.29 is 0 Å². The molecule has 1 aromatic heterocycles. The summed E-state index contributed by atoms with van der Waals surface area (Å²) >= 11 is 0. The van der Waals surface area contributed by atoms with Gasteiger partial charge in [-0.05, 0) is 6.42 Å². The van der Waals surface area contributed by atoms with E-state index in [0.29, 0.717) is 5.56 Å². The lowest BCUT2D eigenvalue weighted by atomic mass is 10.2. The van der Waals surface area contributed by atoms with Crippen molar-refractivity contribution in [1.29, 1.82) is 5.26 Å². The van der Waals surface area contributed by atoms with Crippen molar-refractivity contribution in [3.05, 3.63) is 17.5 Å². The van der Waals surface area contributed by atoms with Crippen molar-refractivity contribution in [2.24, 2.45) is 7.05 Å². The van der Waals surface area contributed by atoms with Gasteiger partial charge in [0.05, 0.1) is 11.3 Å². The maximum Gasteiger partial charge on any atom is 0.103 e. The summed E-state index contributed by atoms with van der Waals surface area (Å²) in [7, 11) is 1.83. The molecule has 0 N–H and O–H groups in total. The Kier molecular flexibility index (Phi) is 2.27. The summed E-state index contributed by atoms with van der Waals surface area (Å²) in [6.45, 7) is 2.08. The van der Waals surface area contributed by atoms with Crippen molar-refractivity contribution in [3.63, 3.8) is 0 Å². The highest BCUT2D eigenvalue weighted by Gasteiger charge is 2.04. The summed E-state index contributed by atoms with van der Waals surface area (Å²) in [6.07, 6.45) is 3.68. The number of aromatic nitrogens is 2. The smallest absolute Gasteiger partial charge is 0.103 e. The number of aryl methyl sites for hydroxylation is 2. The van der Waals surface area contributed by atoms with Gasteiger partial charge in [-0.3, -0.25) is 4.68 Å². The zero-order valence-corrected chi connectivity index (χ0v) is 6.83. The molecule has 0 fully saturated rings. The molecule has 0 spiro atoms. The van der Waals surface area contributed by atoms with E-state index < -0.39 is 0 Å². The third-order valence-corrected chi connectivity index (χ3v) is 1.51. The number of rotatable bonds is 2. The number of hydrogen-bond acceptors (Lipinski definition) is 2. The van der Waals surface area contributed by atoms with Crippen molar-refractivity contribution in [3.8, 4) is 6.07 Å². The fourth-order valence-electron chi connectivity index (χ4n) is 1.05. The topological polar surface area (TPSA) is 41.6 Å². The molecule has 0 aliphatic rings. The van der Waals surface area contributed by atoms with Crippen LogP contribution >= 0.6 is 0 Å². The molecular formula is C8H11N3. The Labute approximate surface area is 66.3 Å². The van der Waals surface area contributed by atoms with E-state index in [4.69, 9.17) is 5.26 Å². The fraction of sp³-hybridized carbons (Fsp3) is 0.500. The van der Waals surface area contributed by atoms with Crippen LogP contribution in [-0.2, 0) is 13.5 Å². The molecule has 1 rings (SSSR count). The van der Waals surface area contributed by atoms with Crippen LogP contribution in [0.3, 0.4) is 0 Å². The van der Waals surface area contributed by atoms with E-state index in [9.17, 15) is 0 Å². The molecule has 58 valence electrons. The first-order valence-corrected chi connectivity index (χ1v) is 3.70. The molecule has 1 aromatic rings. The molecule has 0 aliphatic carbocycles. The monoisotopic (exact) mass is 149 g/mol. The maximum absolute atomic E-state index is 8.66. The maximum atomic E-state index is 8.66. The quantitative estimate of drug-likeness (QED) is 0.635. The molecule has 0 amide bonds.